The van der Waals surface area contributed by atoms with Gasteiger partial charge >= 0.3 is 11.9 Å². The molecule has 27 heteroatoms. The van der Waals surface area contributed by atoms with Gasteiger partial charge in [0.25, 0.3) is 10.0 Å². The molecule has 0 amide bonds. The summed E-state index contributed by atoms with van der Waals surface area (Å²) < 4.78 is 117. The summed E-state index contributed by atoms with van der Waals surface area (Å²) in [7, 11) is -5.56. The standard InChI is InChI=1S/C31H32Cl2FN3O7S2.C23H23Cl2FN2O5S2.CH4/c1-4-43-30(38)18-35-11-5-6-20-14-22(32)8-10-26(20)44-28-17-25(34)29(16-24(28)33)46(39,40)37(31-36-12-13-45-31)19-21-7-9-23(41-2)15-27(21)42-3;1-2-32-23(29)13-27-7-3-4-15-10-16(24)5-6-19(15)33-20-12-18(26)21(11-17(20)25)35(30,31)14-22-28-8-9-34-22;/h7-10,12-17,35H,4-6,11,18-19H2,1-3H3;5-6,8-12,27H,2-4,7,13-14H2,1H3;1H4. The summed E-state index contributed by atoms with van der Waals surface area (Å²) in [5, 5.41) is 10.5. The topological polar surface area (TPSA) is 211 Å². The molecule has 82 heavy (non-hydrogen) atoms. The van der Waals surface area contributed by atoms with Gasteiger partial charge in [-0.05, 0) is 124 Å². The normalized spacial score (nSPS) is 11.2. The van der Waals surface area contributed by atoms with Gasteiger partial charge in [0.05, 0.1) is 57.1 Å². The first-order valence-electron chi connectivity index (χ1n) is 24.6. The van der Waals surface area contributed by atoms with Crippen molar-refractivity contribution < 1.29 is 63.6 Å². The molecule has 0 fully saturated rings. The van der Waals surface area contributed by atoms with Crippen molar-refractivity contribution in [1.82, 2.24) is 20.6 Å². The molecule has 0 atom stereocenters. The monoisotopic (exact) mass is 1290 g/mol. The number of sulfone groups is 1. The minimum Gasteiger partial charge on any atom is -0.497 e. The maximum absolute atomic E-state index is 15.7. The molecule has 0 saturated carbocycles. The molecule has 17 nitrogen and oxygen atoms in total. The van der Waals surface area contributed by atoms with Gasteiger partial charge in [-0.3, -0.25) is 9.59 Å². The molecule has 0 saturated heterocycles. The van der Waals surface area contributed by atoms with E-state index in [4.69, 9.17) is 74.8 Å². The third-order valence-corrected chi connectivity index (χ3v) is 17.7. The molecule has 7 rings (SSSR count). The second-order valence-corrected chi connectivity index (χ2v) is 24.3. The molecule has 0 aliphatic carbocycles. The molecule has 5 aromatic carbocycles. The van der Waals surface area contributed by atoms with Crippen molar-refractivity contribution in [3.8, 4) is 34.5 Å². The van der Waals surface area contributed by atoms with Crippen molar-refractivity contribution in [1.29, 1.82) is 0 Å². The van der Waals surface area contributed by atoms with E-state index >= 15 is 4.39 Å². The van der Waals surface area contributed by atoms with Gasteiger partial charge in [-0.15, -0.1) is 22.7 Å². The van der Waals surface area contributed by atoms with E-state index in [1.54, 1.807) is 79.2 Å². The van der Waals surface area contributed by atoms with Crippen LogP contribution in [0.2, 0.25) is 20.1 Å². The number of esters is 2. The van der Waals surface area contributed by atoms with Crippen molar-refractivity contribution in [2.75, 3.05) is 57.9 Å². The zero-order valence-electron chi connectivity index (χ0n) is 43.9. The number of sulfonamides is 1. The highest BCUT2D eigenvalue weighted by atomic mass is 35.5. The van der Waals surface area contributed by atoms with Crippen molar-refractivity contribution >= 4 is 106 Å². The molecule has 7 aromatic rings. The Balaban J connectivity index is 0.000000308. The van der Waals surface area contributed by atoms with E-state index in [1.165, 1.54) is 38.0 Å². The van der Waals surface area contributed by atoms with Crippen LogP contribution < -0.4 is 33.9 Å². The van der Waals surface area contributed by atoms with Crippen molar-refractivity contribution in [3.63, 3.8) is 0 Å². The number of rotatable bonds is 28. The van der Waals surface area contributed by atoms with Gasteiger partial charge in [-0.1, -0.05) is 53.8 Å². The molecule has 442 valence electrons. The Kier molecular flexibility index (Phi) is 26.3. The lowest BCUT2D eigenvalue weighted by atomic mass is 10.1. The Morgan fingerprint density at radius 3 is 1.63 bits per heavy atom. The number of methoxy groups -OCH3 is 2. The molecule has 0 bridgehead atoms. The van der Waals surface area contributed by atoms with E-state index in [1.807, 2.05) is 0 Å². The van der Waals surface area contributed by atoms with Crippen molar-refractivity contribution in [2.24, 2.45) is 0 Å². The number of hydrogen-bond acceptors (Lipinski definition) is 18. The van der Waals surface area contributed by atoms with Crippen molar-refractivity contribution in [3.05, 3.63) is 155 Å². The fourth-order valence-electron chi connectivity index (χ4n) is 7.56. The maximum atomic E-state index is 15.7. The van der Waals surface area contributed by atoms with Gasteiger partial charge < -0.3 is 39.1 Å². The average molecular weight is 1290 g/mol. The quantitative estimate of drug-likeness (QED) is 0.0345. The Hall–Kier alpha value is -5.86. The van der Waals surface area contributed by atoms with Gasteiger partial charge in [-0.25, -0.2) is 39.9 Å². The van der Waals surface area contributed by atoms with E-state index in [2.05, 4.69) is 20.6 Å². The van der Waals surface area contributed by atoms with Gasteiger partial charge in [-0.2, -0.15) is 0 Å². The van der Waals surface area contributed by atoms with Gasteiger partial charge in [0.15, 0.2) is 15.0 Å². The predicted octanol–water partition coefficient (Wildman–Crippen LogP) is 13.0. The second kappa shape index (κ2) is 32.3. The molecule has 0 aliphatic heterocycles. The highest BCUT2D eigenvalue weighted by Crippen LogP contribution is 2.40. The number of halogens is 6. The van der Waals surface area contributed by atoms with E-state index in [9.17, 15) is 30.8 Å². The summed E-state index contributed by atoms with van der Waals surface area (Å²) in [6.07, 6.45) is 5.28. The Morgan fingerprint density at radius 1 is 0.622 bits per heavy atom. The van der Waals surface area contributed by atoms with Crippen LogP contribution in [0.4, 0.5) is 13.9 Å². The summed E-state index contributed by atoms with van der Waals surface area (Å²) in [5.74, 6) is -1.58. The highest BCUT2D eigenvalue weighted by Gasteiger charge is 2.32. The molecule has 2 N–H and O–H groups in total. The first kappa shape index (κ1) is 66.9. The third-order valence-electron chi connectivity index (χ3n) is 11.3. The van der Waals surface area contributed by atoms with Crippen LogP contribution in [0, 0.1) is 11.6 Å². The highest BCUT2D eigenvalue weighted by molar-refractivity contribution is 7.93. The van der Waals surface area contributed by atoms with E-state index in [-0.39, 0.29) is 65.7 Å². The fourth-order valence-corrected chi connectivity index (χ4v) is 13.2. The fraction of sp³-hybridized carbons (Fsp3) is 0.309. The van der Waals surface area contributed by atoms with Crippen LogP contribution in [-0.4, -0.2) is 92.4 Å². The lowest BCUT2D eigenvalue weighted by Gasteiger charge is -2.23. The van der Waals surface area contributed by atoms with E-state index in [0.717, 1.165) is 45.5 Å². The average Bonchev–Trinajstić information content (AvgIpc) is 4.01. The number of benzene rings is 5. The molecule has 0 unspecified atom stereocenters. The number of nitrogens with zero attached hydrogens (tertiary/aromatic N) is 3. The van der Waals surface area contributed by atoms with E-state index < -0.39 is 47.0 Å². The minimum atomic E-state index is -4.52. The molecule has 2 aromatic heterocycles. The first-order chi connectivity index (χ1) is 38.8. The lowest BCUT2D eigenvalue weighted by molar-refractivity contribution is -0.142. The number of ether oxygens (including phenoxy) is 6. The number of carbonyl (C=O) groups excluding carboxylic acids is 2. The van der Waals surface area contributed by atoms with Gasteiger partial charge in [0.2, 0.25) is 0 Å². The zero-order valence-corrected chi connectivity index (χ0v) is 50.2. The molecule has 2 heterocycles. The van der Waals surface area contributed by atoms with Crippen LogP contribution in [0.5, 0.6) is 34.5 Å². The summed E-state index contributed by atoms with van der Waals surface area (Å²) in [4.78, 5) is 29.9. The number of nitrogens with one attached hydrogen (secondary N) is 2. The maximum Gasteiger partial charge on any atom is 0.319 e. The first-order valence-corrected chi connectivity index (χ1v) is 31.0. The number of aryl methyl sites for hydroxylation is 2. The summed E-state index contributed by atoms with van der Waals surface area (Å²) in [5.41, 5.74) is 1.95. The number of thiazole rings is 2. The Bertz CT molecular complexity index is 3480. The van der Waals surface area contributed by atoms with Crippen LogP contribution >= 0.6 is 69.1 Å². The van der Waals surface area contributed by atoms with Crippen LogP contribution in [0.1, 0.15) is 55.8 Å². The van der Waals surface area contributed by atoms with Crippen LogP contribution in [0.3, 0.4) is 0 Å². The number of aromatic nitrogens is 2. The minimum absolute atomic E-state index is 0. The molecular weight excluding hydrogens is 1230 g/mol. The van der Waals surface area contributed by atoms with Crippen LogP contribution in [0.25, 0.3) is 0 Å². The summed E-state index contributed by atoms with van der Waals surface area (Å²) in [6.45, 7) is 5.17. The second-order valence-electron chi connectivity index (χ2n) is 17.0. The Morgan fingerprint density at radius 2 is 1.15 bits per heavy atom. The third kappa shape index (κ3) is 19.1. The Labute approximate surface area is 503 Å². The summed E-state index contributed by atoms with van der Waals surface area (Å²) in [6, 6.07) is 18.8. The largest absolute Gasteiger partial charge is 0.497 e. The van der Waals surface area contributed by atoms with Crippen LogP contribution in [0.15, 0.2) is 112 Å². The molecule has 0 radical (unpaired) electrons. The SMILES string of the molecule is C.CCOC(=O)CNCCCc1cc(Cl)ccc1Oc1cc(F)c(S(=O)(=O)Cc2nccs2)cc1Cl.CCOC(=O)CNCCCc1cc(Cl)ccc1Oc1cc(F)c(S(=O)(=O)N(Cc2ccc(OC)cc2OC)c2nccs2)cc1Cl. The number of carbonyl (C=O) groups is 2. The zero-order chi connectivity index (χ0) is 58.7. The van der Waals surface area contributed by atoms with Gasteiger partial charge in [0, 0.05) is 57.0 Å². The number of hydrogen-bond donors (Lipinski definition) is 2. The van der Waals surface area contributed by atoms with E-state index in [0.29, 0.717) is 101 Å². The smallest absolute Gasteiger partial charge is 0.319 e. The molecule has 0 aliphatic rings. The molecular formula is C55H59Cl4F2N5O12S4. The predicted molar refractivity (Wildman–Crippen MR) is 316 cm³/mol. The summed E-state index contributed by atoms with van der Waals surface area (Å²) >= 11 is 27.4. The lowest BCUT2D eigenvalue weighted by Crippen LogP contribution is -2.31. The molecule has 0 spiro atoms. The van der Waals surface area contributed by atoms with Crippen molar-refractivity contribution in [2.45, 2.75) is 69.0 Å². The van der Waals surface area contributed by atoms with Gasteiger partial charge in [0.1, 0.15) is 66.7 Å². The number of anilines is 1. The van der Waals surface area contributed by atoms with Crippen LogP contribution in [-0.2, 0) is 64.1 Å².